The standard InChI is InChI=1S/C22H18FIN2O5S/c1-3-8-26-21(28)18(32-22(26)29)11-13-9-16(24)20(17(10-13)30-2)31-12-19(27)25-15-6-4-14(23)5-7-15/h3-7,9-11H,1,8,12H2,2H3,(H,25,27)/b18-11+. The van der Waals surface area contributed by atoms with Gasteiger partial charge in [-0.1, -0.05) is 6.08 Å². The minimum Gasteiger partial charge on any atom is -0.493 e. The van der Waals surface area contributed by atoms with Gasteiger partial charge in [-0.2, -0.15) is 0 Å². The van der Waals surface area contributed by atoms with Crippen LogP contribution < -0.4 is 14.8 Å². The van der Waals surface area contributed by atoms with Crippen molar-refractivity contribution in [3.05, 3.63) is 68.9 Å². The number of benzene rings is 2. The number of nitrogens with one attached hydrogen (secondary N) is 1. The van der Waals surface area contributed by atoms with E-state index in [-0.39, 0.29) is 24.3 Å². The number of anilines is 1. The predicted octanol–water partition coefficient (Wildman–Crippen LogP) is 4.68. The van der Waals surface area contributed by atoms with E-state index < -0.39 is 11.7 Å². The molecule has 0 bridgehead atoms. The first kappa shape index (κ1) is 23.8. The summed E-state index contributed by atoms with van der Waals surface area (Å²) in [5.41, 5.74) is 1.08. The summed E-state index contributed by atoms with van der Waals surface area (Å²) in [6.45, 7) is 3.41. The van der Waals surface area contributed by atoms with Crippen LogP contribution in [-0.2, 0) is 9.59 Å². The number of amides is 3. The number of ether oxygens (including phenoxy) is 2. The summed E-state index contributed by atoms with van der Waals surface area (Å²) in [6.07, 6.45) is 3.09. The fourth-order valence-electron chi connectivity index (χ4n) is 2.77. The quantitative estimate of drug-likeness (QED) is 0.283. The van der Waals surface area contributed by atoms with Crippen molar-refractivity contribution in [2.45, 2.75) is 0 Å². The lowest BCUT2D eigenvalue weighted by Gasteiger charge is -2.14. The molecule has 10 heteroatoms. The Morgan fingerprint density at radius 2 is 2.00 bits per heavy atom. The van der Waals surface area contributed by atoms with Crippen molar-refractivity contribution in [2.24, 2.45) is 0 Å². The van der Waals surface area contributed by atoms with E-state index in [4.69, 9.17) is 9.47 Å². The first-order valence-corrected chi connectivity index (χ1v) is 11.1. The number of thioether (sulfide) groups is 1. The van der Waals surface area contributed by atoms with E-state index in [0.717, 1.165) is 16.7 Å². The van der Waals surface area contributed by atoms with Gasteiger partial charge < -0.3 is 14.8 Å². The van der Waals surface area contributed by atoms with Crippen molar-refractivity contribution in [1.29, 1.82) is 0 Å². The maximum absolute atomic E-state index is 13.0. The average Bonchev–Trinajstić information content (AvgIpc) is 3.02. The van der Waals surface area contributed by atoms with Crippen LogP contribution in [0.25, 0.3) is 6.08 Å². The largest absolute Gasteiger partial charge is 0.493 e. The number of imide groups is 1. The zero-order valence-electron chi connectivity index (χ0n) is 16.9. The Bertz CT molecular complexity index is 1100. The van der Waals surface area contributed by atoms with Crippen LogP contribution in [0.1, 0.15) is 5.56 Å². The summed E-state index contributed by atoms with van der Waals surface area (Å²) in [5.74, 6) is -0.479. The number of carbonyl (C=O) groups is 3. The van der Waals surface area contributed by atoms with E-state index >= 15 is 0 Å². The van der Waals surface area contributed by atoms with Crippen LogP contribution in [-0.4, -0.2) is 42.2 Å². The van der Waals surface area contributed by atoms with Gasteiger partial charge in [0.05, 0.1) is 15.6 Å². The van der Waals surface area contributed by atoms with Crippen LogP contribution in [0.3, 0.4) is 0 Å². The van der Waals surface area contributed by atoms with E-state index in [2.05, 4.69) is 11.9 Å². The van der Waals surface area contributed by atoms with E-state index in [1.807, 2.05) is 22.6 Å². The maximum Gasteiger partial charge on any atom is 0.293 e. The summed E-state index contributed by atoms with van der Waals surface area (Å²) < 4.78 is 24.7. The van der Waals surface area contributed by atoms with E-state index in [9.17, 15) is 18.8 Å². The molecule has 1 N–H and O–H groups in total. The zero-order valence-corrected chi connectivity index (χ0v) is 19.9. The van der Waals surface area contributed by atoms with Crippen molar-refractivity contribution in [1.82, 2.24) is 4.90 Å². The maximum atomic E-state index is 13.0. The van der Waals surface area contributed by atoms with Gasteiger partial charge in [-0.05, 0) is 82.4 Å². The number of methoxy groups -OCH3 is 1. The number of hydrogen-bond donors (Lipinski definition) is 1. The Kier molecular flexibility index (Phi) is 7.91. The zero-order chi connectivity index (χ0) is 23.3. The van der Waals surface area contributed by atoms with Crippen LogP contribution in [0.5, 0.6) is 11.5 Å². The molecule has 0 saturated carbocycles. The van der Waals surface area contributed by atoms with Crippen molar-refractivity contribution >= 4 is 63.2 Å². The summed E-state index contributed by atoms with van der Waals surface area (Å²) >= 11 is 2.89. The van der Waals surface area contributed by atoms with Gasteiger partial charge in [-0.25, -0.2) is 4.39 Å². The van der Waals surface area contributed by atoms with Crippen LogP contribution in [0.2, 0.25) is 0 Å². The molecule has 3 rings (SSSR count). The second kappa shape index (κ2) is 10.6. The third-order valence-corrected chi connectivity index (χ3v) is 5.92. The fraction of sp³-hybridized carbons (Fsp3) is 0.136. The summed E-state index contributed by atoms with van der Waals surface area (Å²) in [6, 6.07) is 8.78. The molecule has 1 saturated heterocycles. The van der Waals surface area contributed by atoms with Gasteiger partial charge in [0.2, 0.25) is 0 Å². The van der Waals surface area contributed by atoms with Crippen LogP contribution >= 0.6 is 34.4 Å². The van der Waals surface area contributed by atoms with Crippen molar-refractivity contribution in [2.75, 3.05) is 25.6 Å². The second-order valence-electron chi connectivity index (χ2n) is 6.46. The number of hydrogen-bond acceptors (Lipinski definition) is 6. The first-order valence-electron chi connectivity index (χ1n) is 9.24. The third-order valence-electron chi connectivity index (χ3n) is 4.21. The smallest absolute Gasteiger partial charge is 0.293 e. The van der Waals surface area contributed by atoms with Gasteiger partial charge in [0.25, 0.3) is 17.1 Å². The molecule has 0 unspecified atom stereocenters. The Morgan fingerprint density at radius 3 is 2.66 bits per heavy atom. The molecular formula is C22H18FIN2O5S. The second-order valence-corrected chi connectivity index (χ2v) is 8.61. The fourth-order valence-corrected chi connectivity index (χ4v) is 4.40. The molecule has 2 aromatic carbocycles. The number of rotatable bonds is 8. The van der Waals surface area contributed by atoms with E-state index in [0.29, 0.717) is 31.2 Å². The van der Waals surface area contributed by atoms with Crippen molar-refractivity contribution < 1.29 is 28.2 Å². The summed E-state index contributed by atoms with van der Waals surface area (Å²) in [5, 5.41) is 2.26. The lowest BCUT2D eigenvalue weighted by atomic mass is 10.2. The minimum absolute atomic E-state index is 0.148. The first-order chi connectivity index (χ1) is 15.3. The predicted molar refractivity (Wildman–Crippen MR) is 129 cm³/mol. The van der Waals surface area contributed by atoms with Gasteiger partial charge in [-0.15, -0.1) is 6.58 Å². The van der Waals surface area contributed by atoms with Gasteiger partial charge >= 0.3 is 0 Å². The number of carbonyl (C=O) groups excluding carboxylic acids is 3. The summed E-state index contributed by atoms with van der Waals surface area (Å²) in [4.78, 5) is 38.0. The molecule has 32 heavy (non-hydrogen) atoms. The highest BCUT2D eigenvalue weighted by molar-refractivity contribution is 14.1. The van der Waals surface area contributed by atoms with Gasteiger partial charge in [0, 0.05) is 12.2 Å². The highest BCUT2D eigenvalue weighted by Crippen LogP contribution is 2.37. The Morgan fingerprint density at radius 1 is 1.28 bits per heavy atom. The molecule has 1 aliphatic rings. The average molecular weight is 568 g/mol. The Labute approximate surface area is 201 Å². The third kappa shape index (κ3) is 5.68. The van der Waals surface area contributed by atoms with Gasteiger partial charge in [-0.3, -0.25) is 19.3 Å². The molecule has 7 nitrogen and oxygen atoms in total. The minimum atomic E-state index is -0.422. The molecule has 0 aromatic heterocycles. The summed E-state index contributed by atoms with van der Waals surface area (Å²) in [7, 11) is 1.46. The van der Waals surface area contributed by atoms with Gasteiger partial charge in [0.15, 0.2) is 18.1 Å². The lowest BCUT2D eigenvalue weighted by Crippen LogP contribution is -2.27. The van der Waals surface area contributed by atoms with Crippen LogP contribution in [0, 0.1) is 9.39 Å². The monoisotopic (exact) mass is 568 g/mol. The molecular weight excluding hydrogens is 550 g/mol. The molecule has 2 aromatic rings. The molecule has 166 valence electrons. The van der Waals surface area contributed by atoms with Gasteiger partial charge in [0.1, 0.15) is 5.82 Å². The molecule has 1 heterocycles. The molecule has 0 radical (unpaired) electrons. The Balaban J connectivity index is 1.73. The Hall–Kier alpha value is -2.86. The normalized spacial score (nSPS) is 14.6. The van der Waals surface area contributed by atoms with E-state index in [1.165, 1.54) is 37.5 Å². The number of halogens is 2. The van der Waals surface area contributed by atoms with Crippen LogP contribution in [0.4, 0.5) is 14.9 Å². The van der Waals surface area contributed by atoms with E-state index in [1.54, 1.807) is 18.2 Å². The highest BCUT2D eigenvalue weighted by Gasteiger charge is 2.34. The SMILES string of the molecule is C=CCN1C(=O)S/C(=C/c2cc(I)c(OCC(=O)Nc3ccc(F)cc3)c(OC)c2)C1=O. The molecule has 3 amide bonds. The van der Waals surface area contributed by atoms with Crippen molar-refractivity contribution in [3.63, 3.8) is 0 Å². The molecule has 0 aliphatic carbocycles. The highest BCUT2D eigenvalue weighted by atomic mass is 127. The lowest BCUT2D eigenvalue weighted by molar-refractivity contribution is -0.122. The topological polar surface area (TPSA) is 84.9 Å². The number of nitrogens with zero attached hydrogens (tertiary/aromatic N) is 1. The molecule has 1 fully saturated rings. The van der Waals surface area contributed by atoms with Crippen LogP contribution in [0.15, 0.2) is 54.0 Å². The van der Waals surface area contributed by atoms with Crippen molar-refractivity contribution in [3.8, 4) is 11.5 Å². The molecule has 1 aliphatic heterocycles. The molecule has 0 spiro atoms. The molecule has 0 atom stereocenters.